The SMILES string of the molecule is CC/C=C\C/C=C\C/C=C\C/C=C\C/C=C\CCCC(=O)OC(COCCC(C(=O)O)[N+](C)(C)C)COC(=O)CCCCCC. The molecule has 2 unspecified atom stereocenters. The topological polar surface area (TPSA) is 99.1 Å². The molecular weight excluding hydrogens is 570 g/mol. The Morgan fingerprint density at radius 1 is 0.689 bits per heavy atom. The van der Waals surface area contributed by atoms with E-state index in [2.05, 4.69) is 74.6 Å². The number of hydrogen-bond acceptors (Lipinski definition) is 6. The van der Waals surface area contributed by atoms with Gasteiger partial charge < -0.3 is 23.8 Å². The molecule has 0 aliphatic rings. The van der Waals surface area contributed by atoms with E-state index in [1.807, 2.05) is 21.1 Å². The molecule has 0 fully saturated rings. The Morgan fingerprint density at radius 2 is 1.24 bits per heavy atom. The second kappa shape index (κ2) is 28.5. The molecule has 0 aliphatic heterocycles. The molecule has 0 amide bonds. The second-order valence-electron chi connectivity index (χ2n) is 12.0. The Kier molecular flexibility index (Phi) is 26.6. The zero-order chi connectivity index (χ0) is 33.6. The highest BCUT2D eigenvalue weighted by Gasteiger charge is 2.31. The summed E-state index contributed by atoms with van der Waals surface area (Å²) in [5.41, 5.74) is 0. The van der Waals surface area contributed by atoms with Gasteiger partial charge in [0.15, 0.2) is 12.1 Å². The number of hydrogen-bond donors (Lipinski definition) is 1. The average molecular weight is 633 g/mol. The largest absolute Gasteiger partial charge is 0.477 e. The van der Waals surface area contributed by atoms with Crippen molar-refractivity contribution in [3.8, 4) is 0 Å². The summed E-state index contributed by atoms with van der Waals surface area (Å²) >= 11 is 0. The highest BCUT2D eigenvalue weighted by Crippen LogP contribution is 2.10. The van der Waals surface area contributed by atoms with Crippen molar-refractivity contribution in [2.75, 3.05) is 41.0 Å². The number of carboxylic acids is 1. The van der Waals surface area contributed by atoms with Crippen LogP contribution < -0.4 is 0 Å². The van der Waals surface area contributed by atoms with Crippen molar-refractivity contribution in [2.45, 2.75) is 116 Å². The van der Waals surface area contributed by atoms with Crippen LogP contribution in [-0.4, -0.2) is 80.6 Å². The fraction of sp³-hybridized carbons (Fsp3) is 0.649. The number of aliphatic carboxylic acids is 1. The van der Waals surface area contributed by atoms with Crippen molar-refractivity contribution in [1.29, 1.82) is 0 Å². The maximum atomic E-state index is 12.5. The van der Waals surface area contributed by atoms with Crippen LogP contribution in [0.25, 0.3) is 0 Å². The van der Waals surface area contributed by atoms with Gasteiger partial charge in [-0.05, 0) is 51.4 Å². The molecule has 8 heteroatoms. The van der Waals surface area contributed by atoms with Crippen molar-refractivity contribution >= 4 is 17.9 Å². The maximum Gasteiger partial charge on any atom is 0.362 e. The zero-order valence-electron chi connectivity index (χ0n) is 28.8. The van der Waals surface area contributed by atoms with Crippen LogP contribution in [0.1, 0.15) is 104 Å². The predicted octanol–water partition coefficient (Wildman–Crippen LogP) is 7.90. The van der Waals surface area contributed by atoms with E-state index in [9.17, 15) is 19.5 Å². The molecule has 0 radical (unpaired) electrons. The highest BCUT2D eigenvalue weighted by molar-refractivity contribution is 5.72. The Hall–Kier alpha value is -2.97. The van der Waals surface area contributed by atoms with Gasteiger partial charge in [0, 0.05) is 19.3 Å². The van der Waals surface area contributed by atoms with Crippen LogP contribution in [-0.2, 0) is 28.6 Å². The third-order valence-corrected chi connectivity index (χ3v) is 6.93. The molecule has 0 bridgehead atoms. The van der Waals surface area contributed by atoms with Crippen molar-refractivity contribution in [3.63, 3.8) is 0 Å². The monoisotopic (exact) mass is 632 g/mol. The van der Waals surface area contributed by atoms with E-state index >= 15 is 0 Å². The van der Waals surface area contributed by atoms with E-state index in [0.717, 1.165) is 64.2 Å². The summed E-state index contributed by atoms with van der Waals surface area (Å²) in [4.78, 5) is 36.3. The minimum Gasteiger partial charge on any atom is -0.477 e. The molecule has 0 aromatic heterocycles. The number of rotatable bonds is 28. The van der Waals surface area contributed by atoms with Gasteiger partial charge >= 0.3 is 17.9 Å². The molecule has 256 valence electrons. The first-order chi connectivity index (χ1) is 21.6. The quantitative estimate of drug-likeness (QED) is 0.0405. The summed E-state index contributed by atoms with van der Waals surface area (Å²) in [7, 11) is 5.47. The van der Waals surface area contributed by atoms with Crippen LogP contribution >= 0.6 is 0 Å². The fourth-order valence-electron chi connectivity index (χ4n) is 4.30. The van der Waals surface area contributed by atoms with E-state index in [1.54, 1.807) is 0 Å². The van der Waals surface area contributed by atoms with Crippen LogP contribution in [0, 0.1) is 0 Å². The molecule has 0 saturated heterocycles. The Labute approximate surface area is 273 Å². The number of allylic oxidation sites excluding steroid dienone is 10. The van der Waals surface area contributed by atoms with Crippen molar-refractivity contribution in [3.05, 3.63) is 60.8 Å². The number of ether oxygens (including phenoxy) is 3. The van der Waals surface area contributed by atoms with Gasteiger partial charge in [-0.1, -0.05) is 93.9 Å². The summed E-state index contributed by atoms with van der Waals surface area (Å²) in [6.45, 7) is 4.39. The van der Waals surface area contributed by atoms with Gasteiger partial charge in [0.25, 0.3) is 0 Å². The lowest BCUT2D eigenvalue weighted by atomic mass is 10.1. The number of likely N-dealkylation sites (N-methyl/N-ethyl adjacent to an activating group) is 1. The van der Waals surface area contributed by atoms with Crippen LogP contribution in [0.5, 0.6) is 0 Å². The average Bonchev–Trinajstić information content (AvgIpc) is 2.98. The molecule has 45 heavy (non-hydrogen) atoms. The number of carbonyl (C=O) groups excluding carboxylic acids is 2. The van der Waals surface area contributed by atoms with Gasteiger partial charge in [0.05, 0.1) is 34.4 Å². The van der Waals surface area contributed by atoms with Crippen LogP contribution in [0.15, 0.2) is 60.8 Å². The van der Waals surface area contributed by atoms with Crippen LogP contribution in [0.2, 0.25) is 0 Å². The normalized spacial score (nSPS) is 13.9. The fourth-order valence-corrected chi connectivity index (χ4v) is 4.30. The number of carboxylic acid groups (broad SMARTS) is 1. The molecule has 8 nitrogen and oxygen atoms in total. The van der Waals surface area contributed by atoms with Crippen LogP contribution in [0.3, 0.4) is 0 Å². The maximum absolute atomic E-state index is 12.5. The highest BCUT2D eigenvalue weighted by atomic mass is 16.6. The van der Waals surface area contributed by atoms with E-state index in [1.165, 1.54) is 0 Å². The summed E-state index contributed by atoms with van der Waals surface area (Å²) in [6.07, 6.45) is 31.8. The molecule has 2 atom stereocenters. The Balaban J connectivity index is 4.47. The standard InChI is InChI=1S/C37H61NO7/c1-6-8-10-12-13-14-15-16-17-18-19-20-21-22-23-24-26-28-36(40)45-33(32-44-35(39)27-25-11-9-7-2)31-43-30-29-34(37(41)42)38(3,4)5/h8,10,13-14,16-17,19-20,22-23,33-34H,6-7,9,11-12,15,18,21,24-32H2,1-5H3/p+1/b10-8-,14-13-,17-16-,20-19-,23-22-. The van der Waals surface area contributed by atoms with Crippen LogP contribution in [0.4, 0.5) is 0 Å². The first kappa shape index (κ1) is 42.0. The summed E-state index contributed by atoms with van der Waals surface area (Å²) in [6, 6.07) is -0.622. The number of unbranched alkanes of at least 4 members (excludes halogenated alkanes) is 4. The third-order valence-electron chi connectivity index (χ3n) is 6.93. The van der Waals surface area contributed by atoms with E-state index in [0.29, 0.717) is 19.3 Å². The lowest BCUT2D eigenvalue weighted by molar-refractivity contribution is -0.887. The van der Waals surface area contributed by atoms with Gasteiger partial charge in [-0.15, -0.1) is 0 Å². The second-order valence-corrected chi connectivity index (χ2v) is 12.0. The molecule has 0 rings (SSSR count). The van der Waals surface area contributed by atoms with Gasteiger partial charge in [0.2, 0.25) is 0 Å². The van der Waals surface area contributed by atoms with E-state index in [4.69, 9.17) is 14.2 Å². The van der Waals surface area contributed by atoms with Crippen molar-refractivity contribution in [1.82, 2.24) is 0 Å². The van der Waals surface area contributed by atoms with Crippen molar-refractivity contribution < 1.29 is 38.2 Å². The predicted molar refractivity (Wildman–Crippen MR) is 183 cm³/mol. The smallest absolute Gasteiger partial charge is 0.362 e. The molecule has 0 aromatic carbocycles. The van der Waals surface area contributed by atoms with Gasteiger partial charge in [-0.3, -0.25) is 9.59 Å². The molecular formula is C37H62NO7+. The minimum absolute atomic E-state index is 0.0348. The lowest BCUT2D eigenvalue weighted by Crippen LogP contribution is -2.50. The summed E-state index contributed by atoms with van der Waals surface area (Å²) in [5.74, 6) is -1.58. The molecule has 0 spiro atoms. The van der Waals surface area contributed by atoms with E-state index < -0.39 is 18.1 Å². The Bertz CT molecular complexity index is 928. The van der Waals surface area contributed by atoms with Gasteiger partial charge in [-0.25, -0.2) is 4.79 Å². The number of esters is 2. The van der Waals surface area contributed by atoms with Crippen molar-refractivity contribution in [2.24, 2.45) is 0 Å². The summed E-state index contributed by atoms with van der Waals surface area (Å²) in [5, 5.41) is 9.52. The number of nitrogens with zero attached hydrogens (tertiary/aromatic N) is 1. The van der Waals surface area contributed by atoms with Gasteiger partial charge in [-0.2, -0.15) is 0 Å². The number of quaternary nitrogens is 1. The molecule has 0 aromatic rings. The molecule has 1 N–H and O–H groups in total. The van der Waals surface area contributed by atoms with Gasteiger partial charge in [0.1, 0.15) is 6.61 Å². The lowest BCUT2D eigenvalue weighted by Gasteiger charge is -2.31. The first-order valence-corrected chi connectivity index (χ1v) is 16.8. The zero-order valence-corrected chi connectivity index (χ0v) is 28.8. The Morgan fingerprint density at radius 3 is 1.78 bits per heavy atom. The van der Waals surface area contributed by atoms with E-state index in [-0.39, 0.29) is 42.7 Å². The molecule has 0 saturated carbocycles. The molecule has 0 heterocycles. The minimum atomic E-state index is -0.890. The summed E-state index contributed by atoms with van der Waals surface area (Å²) < 4.78 is 16.9. The third kappa shape index (κ3) is 27.1. The first-order valence-electron chi connectivity index (χ1n) is 16.8. The molecule has 0 aliphatic carbocycles. The number of carbonyl (C=O) groups is 3.